The van der Waals surface area contributed by atoms with Gasteiger partial charge >= 0.3 is 0 Å². The number of nitrogens with one attached hydrogen (secondary N) is 1. The van der Waals surface area contributed by atoms with Crippen molar-refractivity contribution in [3.05, 3.63) is 53.1 Å². The second kappa shape index (κ2) is 9.62. The van der Waals surface area contributed by atoms with E-state index in [4.69, 9.17) is 14.2 Å². The van der Waals surface area contributed by atoms with Gasteiger partial charge in [-0.3, -0.25) is 4.79 Å². The molecule has 2 rings (SSSR count). The summed E-state index contributed by atoms with van der Waals surface area (Å²) in [4.78, 5) is 11.9. The van der Waals surface area contributed by atoms with E-state index in [1.807, 2.05) is 64.1 Å². The van der Waals surface area contributed by atoms with Gasteiger partial charge < -0.3 is 14.2 Å². The molecule has 0 aliphatic heterocycles. The van der Waals surface area contributed by atoms with Crippen molar-refractivity contribution < 1.29 is 19.0 Å². The molecule has 0 spiro atoms. The molecule has 0 aliphatic carbocycles. The van der Waals surface area contributed by atoms with Crippen LogP contribution in [0.5, 0.6) is 17.2 Å². The van der Waals surface area contributed by atoms with E-state index < -0.39 is 0 Å². The Balaban J connectivity index is 1.96. The van der Waals surface area contributed by atoms with Gasteiger partial charge in [-0.15, -0.1) is 0 Å². The normalized spacial score (nSPS) is 10.9. The highest BCUT2D eigenvalue weighted by Crippen LogP contribution is 2.30. The number of carbonyl (C=O) groups is 1. The molecule has 6 nitrogen and oxygen atoms in total. The largest absolute Gasteiger partial charge is 0.493 e. The van der Waals surface area contributed by atoms with Crippen LogP contribution in [0.4, 0.5) is 0 Å². The fourth-order valence-electron chi connectivity index (χ4n) is 2.32. The number of nitrogens with zero attached hydrogens (tertiary/aromatic N) is 1. The first-order chi connectivity index (χ1) is 12.9. The molecule has 2 aromatic carbocycles. The highest BCUT2D eigenvalue weighted by Gasteiger charge is 2.11. The van der Waals surface area contributed by atoms with Gasteiger partial charge in [0.1, 0.15) is 5.75 Å². The van der Waals surface area contributed by atoms with Crippen LogP contribution in [-0.2, 0) is 4.79 Å². The van der Waals surface area contributed by atoms with Crippen LogP contribution in [0.2, 0.25) is 0 Å². The Morgan fingerprint density at radius 2 is 1.96 bits per heavy atom. The van der Waals surface area contributed by atoms with Crippen LogP contribution in [0, 0.1) is 13.8 Å². The van der Waals surface area contributed by atoms with E-state index in [0.717, 1.165) is 5.56 Å². The molecular formula is C21H26N2O4. The standard InChI is InChI=1S/C21H26N2O4/c1-14(2)27-21-17(7-6-8-19(21)25-5)12-22-23-20(24)13-26-18-10-9-15(3)16(4)11-18/h6-12,14H,13H2,1-5H3,(H,23,24)/b22-12-. The average molecular weight is 370 g/mol. The Labute approximate surface area is 160 Å². The van der Waals surface area contributed by atoms with Gasteiger partial charge in [0, 0.05) is 5.56 Å². The van der Waals surface area contributed by atoms with Crippen LogP contribution in [0.1, 0.15) is 30.5 Å². The molecule has 144 valence electrons. The molecular weight excluding hydrogens is 344 g/mol. The van der Waals surface area contributed by atoms with Crippen LogP contribution in [0.3, 0.4) is 0 Å². The predicted molar refractivity (Wildman–Crippen MR) is 106 cm³/mol. The topological polar surface area (TPSA) is 69.2 Å². The molecule has 0 radical (unpaired) electrons. The highest BCUT2D eigenvalue weighted by atomic mass is 16.5. The van der Waals surface area contributed by atoms with E-state index in [-0.39, 0.29) is 18.6 Å². The Kier molecular flexibility index (Phi) is 7.23. The molecule has 0 saturated carbocycles. The summed E-state index contributed by atoms with van der Waals surface area (Å²) in [5.74, 6) is 1.49. The lowest BCUT2D eigenvalue weighted by molar-refractivity contribution is -0.123. The molecule has 0 fully saturated rings. The lowest BCUT2D eigenvalue weighted by Gasteiger charge is -2.15. The molecule has 1 N–H and O–H groups in total. The molecule has 0 atom stereocenters. The zero-order chi connectivity index (χ0) is 19.8. The van der Waals surface area contributed by atoms with Crippen LogP contribution in [0.15, 0.2) is 41.5 Å². The number of hydrogen-bond donors (Lipinski definition) is 1. The number of hydrazone groups is 1. The zero-order valence-corrected chi connectivity index (χ0v) is 16.4. The number of hydrogen-bond acceptors (Lipinski definition) is 5. The number of para-hydroxylation sites is 1. The summed E-state index contributed by atoms with van der Waals surface area (Å²) < 4.78 is 16.6. The molecule has 27 heavy (non-hydrogen) atoms. The second-order valence-electron chi connectivity index (χ2n) is 6.37. The average Bonchev–Trinajstić information content (AvgIpc) is 2.63. The summed E-state index contributed by atoms with van der Waals surface area (Å²) >= 11 is 0. The van der Waals surface area contributed by atoms with Gasteiger partial charge in [0.15, 0.2) is 18.1 Å². The predicted octanol–water partition coefficient (Wildman–Crippen LogP) is 3.63. The van der Waals surface area contributed by atoms with Gasteiger partial charge in [-0.05, 0) is 63.1 Å². The monoisotopic (exact) mass is 370 g/mol. The van der Waals surface area contributed by atoms with E-state index in [0.29, 0.717) is 22.8 Å². The molecule has 0 unspecified atom stereocenters. The van der Waals surface area contributed by atoms with Crippen molar-refractivity contribution in [3.63, 3.8) is 0 Å². The van der Waals surface area contributed by atoms with E-state index in [2.05, 4.69) is 10.5 Å². The molecule has 0 heterocycles. The fourth-order valence-corrected chi connectivity index (χ4v) is 2.32. The first-order valence-corrected chi connectivity index (χ1v) is 8.76. The van der Waals surface area contributed by atoms with Crippen molar-refractivity contribution in [2.75, 3.05) is 13.7 Å². The summed E-state index contributed by atoms with van der Waals surface area (Å²) in [5, 5.41) is 3.99. The lowest BCUT2D eigenvalue weighted by atomic mass is 10.1. The number of methoxy groups -OCH3 is 1. The lowest BCUT2D eigenvalue weighted by Crippen LogP contribution is -2.24. The van der Waals surface area contributed by atoms with Crippen molar-refractivity contribution in [1.82, 2.24) is 5.43 Å². The summed E-state index contributed by atoms with van der Waals surface area (Å²) in [6.45, 7) is 7.76. The number of carbonyl (C=O) groups excluding carboxylic acids is 1. The summed E-state index contributed by atoms with van der Waals surface area (Å²) in [5.41, 5.74) is 5.45. The zero-order valence-electron chi connectivity index (χ0n) is 16.4. The minimum Gasteiger partial charge on any atom is -0.493 e. The van der Waals surface area contributed by atoms with E-state index in [1.54, 1.807) is 7.11 Å². The smallest absolute Gasteiger partial charge is 0.277 e. The maximum atomic E-state index is 11.9. The van der Waals surface area contributed by atoms with Crippen molar-refractivity contribution in [3.8, 4) is 17.2 Å². The van der Waals surface area contributed by atoms with Gasteiger partial charge in [-0.2, -0.15) is 5.10 Å². The van der Waals surface area contributed by atoms with E-state index in [9.17, 15) is 4.79 Å². The Morgan fingerprint density at radius 1 is 1.19 bits per heavy atom. The first-order valence-electron chi connectivity index (χ1n) is 8.76. The number of ether oxygens (including phenoxy) is 3. The highest BCUT2D eigenvalue weighted by molar-refractivity contribution is 5.86. The second-order valence-corrected chi connectivity index (χ2v) is 6.37. The first kappa shape index (κ1) is 20.3. The summed E-state index contributed by atoms with van der Waals surface area (Å²) in [7, 11) is 1.58. The Bertz CT molecular complexity index is 816. The van der Waals surface area contributed by atoms with Gasteiger partial charge in [-0.1, -0.05) is 12.1 Å². The van der Waals surface area contributed by atoms with Gasteiger partial charge in [0.05, 0.1) is 19.4 Å². The van der Waals surface area contributed by atoms with Gasteiger partial charge in [0.2, 0.25) is 0 Å². The Hall–Kier alpha value is -3.02. The number of amides is 1. The van der Waals surface area contributed by atoms with Gasteiger partial charge in [-0.25, -0.2) is 5.43 Å². The molecule has 6 heteroatoms. The molecule has 0 bridgehead atoms. The van der Waals surface area contributed by atoms with E-state index in [1.165, 1.54) is 11.8 Å². The van der Waals surface area contributed by atoms with Crippen LogP contribution < -0.4 is 19.6 Å². The van der Waals surface area contributed by atoms with Crippen LogP contribution in [0.25, 0.3) is 0 Å². The minimum atomic E-state index is -0.348. The molecule has 0 aliphatic rings. The third-order valence-corrected chi connectivity index (χ3v) is 3.82. The number of aryl methyl sites for hydroxylation is 2. The Morgan fingerprint density at radius 3 is 2.63 bits per heavy atom. The van der Waals surface area contributed by atoms with Crippen LogP contribution >= 0.6 is 0 Å². The van der Waals surface area contributed by atoms with E-state index >= 15 is 0 Å². The molecule has 0 saturated heterocycles. The van der Waals surface area contributed by atoms with Crippen molar-refractivity contribution >= 4 is 12.1 Å². The molecule has 1 amide bonds. The van der Waals surface area contributed by atoms with Crippen molar-refractivity contribution in [2.45, 2.75) is 33.8 Å². The van der Waals surface area contributed by atoms with Gasteiger partial charge in [0.25, 0.3) is 5.91 Å². The fraction of sp³-hybridized carbons (Fsp3) is 0.333. The minimum absolute atomic E-state index is 0.0191. The van der Waals surface area contributed by atoms with Crippen LogP contribution in [-0.4, -0.2) is 31.9 Å². The third kappa shape index (κ3) is 6.02. The quantitative estimate of drug-likeness (QED) is 0.569. The van der Waals surface area contributed by atoms with Crippen molar-refractivity contribution in [2.24, 2.45) is 5.10 Å². The number of rotatable bonds is 8. The molecule has 2 aromatic rings. The maximum Gasteiger partial charge on any atom is 0.277 e. The SMILES string of the molecule is COc1cccc(/C=N\NC(=O)COc2ccc(C)c(C)c2)c1OC(C)C. The third-order valence-electron chi connectivity index (χ3n) is 3.82. The van der Waals surface area contributed by atoms with Crippen molar-refractivity contribution in [1.29, 1.82) is 0 Å². The number of benzene rings is 2. The maximum absolute atomic E-state index is 11.9. The molecule has 0 aromatic heterocycles. The summed E-state index contributed by atoms with van der Waals surface area (Å²) in [6.07, 6.45) is 1.50. The summed E-state index contributed by atoms with van der Waals surface area (Å²) in [6, 6.07) is 11.2.